The molecule has 14 heteroatoms. The Balaban J connectivity index is 1.34. The number of nitrogen functional groups attached to an aromatic ring is 1. The molecule has 0 saturated carbocycles. The van der Waals surface area contributed by atoms with E-state index in [2.05, 4.69) is 30.8 Å². The molecule has 45 heavy (non-hydrogen) atoms. The molecule has 0 amide bonds. The second-order valence-electron chi connectivity index (χ2n) is 11.7. The van der Waals surface area contributed by atoms with Gasteiger partial charge in [-0.15, -0.1) is 11.8 Å². The van der Waals surface area contributed by atoms with E-state index in [1.54, 1.807) is 24.9 Å². The summed E-state index contributed by atoms with van der Waals surface area (Å²) in [5.74, 6) is 0.970. The van der Waals surface area contributed by atoms with Crippen molar-refractivity contribution in [3.8, 4) is 11.1 Å². The number of halogens is 2. The number of hydrogen-bond donors (Lipinski definition) is 1. The Morgan fingerprint density at radius 3 is 2.78 bits per heavy atom. The highest BCUT2D eigenvalue weighted by Gasteiger charge is 2.33. The highest BCUT2D eigenvalue weighted by Crippen LogP contribution is 2.49. The molecule has 0 bridgehead atoms. The number of benzene rings is 2. The van der Waals surface area contributed by atoms with E-state index in [9.17, 15) is 9.18 Å². The third-order valence-corrected chi connectivity index (χ3v) is 11.2. The maximum atomic E-state index is 14.8. The number of methoxy groups -OCH3 is 1. The maximum Gasteiger partial charge on any atom is 0.350 e. The van der Waals surface area contributed by atoms with Gasteiger partial charge in [-0.3, -0.25) is 4.57 Å². The normalized spacial score (nSPS) is 19.0. The average Bonchev–Trinajstić information content (AvgIpc) is 3.70. The Labute approximate surface area is 273 Å². The van der Waals surface area contributed by atoms with Gasteiger partial charge in [-0.25, -0.2) is 24.2 Å². The molecule has 2 saturated heterocycles. The standard InChI is InChI=1S/C31H34ClFN8O2S2/c1-43-13-8-35-17-36-18-6-11-40(12-7-18)29-21-14-22(32)24(20-4-5-23(33)27-25(20)37-30(34)45-27)28-26(21)41(31(42)38-29)19(16-44-28)15-39-9-2-3-10-39/h4-5,14,18-19H,2-3,6-13,15-16H2,1H3,(H2,34,37)/t19-/m0/s1. The van der Waals surface area contributed by atoms with Crippen LogP contribution in [0.25, 0.3) is 32.2 Å². The molecule has 1 atom stereocenters. The summed E-state index contributed by atoms with van der Waals surface area (Å²) in [6, 6.07) is 7.96. The molecule has 7 rings (SSSR count). The van der Waals surface area contributed by atoms with Crippen LogP contribution >= 0.6 is 34.7 Å². The van der Waals surface area contributed by atoms with Crippen molar-refractivity contribution in [3.63, 3.8) is 0 Å². The first-order valence-corrected chi connectivity index (χ1v) is 17.4. The molecule has 3 aliphatic rings. The predicted molar refractivity (Wildman–Crippen MR) is 181 cm³/mol. The van der Waals surface area contributed by atoms with Crippen molar-refractivity contribution in [1.82, 2.24) is 19.4 Å². The molecular weight excluding hydrogens is 635 g/mol. The summed E-state index contributed by atoms with van der Waals surface area (Å²) in [6.45, 7) is 5.32. The lowest BCUT2D eigenvalue weighted by molar-refractivity contribution is 0.208. The lowest BCUT2D eigenvalue weighted by atomic mass is 10.0. The fourth-order valence-electron chi connectivity index (χ4n) is 6.66. The van der Waals surface area contributed by atoms with E-state index in [-0.39, 0.29) is 28.7 Å². The van der Waals surface area contributed by atoms with E-state index < -0.39 is 0 Å². The van der Waals surface area contributed by atoms with Crippen molar-refractivity contribution in [2.75, 3.05) is 69.4 Å². The van der Waals surface area contributed by atoms with Gasteiger partial charge in [0.25, 0.3) is 0 Å². The van der Waals surface area contributed by atoms with Crippen molar-refractivity contribution < 1.29 is 9.13 Å². The largest absolute Gasteiger partial charge is 0.383 e. The number of nitrogens with zero attached hydrogens (tertiary/aromatic N) is 7. The van der Waals surface area contributed by atoms with Crippen LogP contribution < -0.4 is 16.3 Å². The number of hydrogen-bond acceptors (Lipinski definition) is 11. The summed E-state index contributed by atoms with van der Waals surface area (Å²) in [7, 11) is 1.64. The fourth-order valence-corrected chi connectivity index (χ4v) is 9.11. The molecule has 4 aromatic rings. The van der Waals surface area contributed by atoms with Crippen LogP contribution in [-0.2, 0) is 4.74 Å². The van der Waals surface area contributed by atoms with Crippen molar-refractivity contribution in [2.24, 2.45) is 9.98 Å². The van der Waals surface area contributed by atoms with Gasteiger partial charge in [0, 0.05) is 53.9 Å². The van der Waals surface area contributed by atoms with Gasteiger partial charge >= 0.3 is 5.69 Å². The molecule has 5 heterocycles. The second-order valence-corrected chi connectivity index (χ2v) is 14.1. The maximum absolute atomic E-state index is 14.8. The first-order valence-electron chi connectivity index (χ1n) is 15.3. The van der Waals surface area contributed by atoms with Crippen LogP contribution in [0.2, 0.25) is 5.02 Å². The minimum atomic E-state index is -0.371. The molecule has 2 fully saturated rings. The van der Waals surface area contributed by atoms with E-state index in [1.807, 2.05) is 10.6 Å². The fraction of sp³-hybridized carbons (Fsp3) is 0.484. The first kappa shape index (κ1) is 30.6. The number of fused-ring (bicyclic) bond motifs is 1. The predicted octanol–water partition coefficient (Wildman–Crippen LogP) is 5.58. The van der Waals surface area contributed by atoms with Gasteiger partial charge < -0.3 is 20.3 Å². The highest BCUT2D eigenvalue weighted by atomic mass is 35.5. The van der Waals surface area contributed by atoms with Crippen molar-refractivity contribution in [2.45, 2.75) is 42.7 Å². The lowest BCUT2D eigenvalue weighted by Crippen LogP contribution is -2.41. The summed E-state index contributed by atoms with van der Waals surface area (Å²) in [5, 5.41) is 1.64. The number of thiazole rings is 1. The molecule has 3 aliphatic heterocycles. The van der Waals surface area contributed by atoms with Crippen molar-refractivity contribution in [3.05, 3.63) is 39.5 Å². The molecule has 2 aromatic carbocycles. The molecule has 236 valence electrons. The van der Waals surface area contributed by atoms with Gasteiger partial charge in [0.15, 0.2) is 5.13 Å². The molecule has 2 aromatic heterocycles. The van der Waals surface area contributed by atoms with Gasteiger partial charge in [0.2, 0.25) is 0 Å². The van der Waals surface area contributed by atoms with E-state index in [0.717, 1.165) is 65.2 Å². The SMILES string of the molecule is COCCN=C=NC1CCN(c2nc(=O)n3c4c(c(-c5ccc(F)c6sc(N)nc56)c(Cl)cc24)SC[C@@H]3CN2CCCC2)CC1. The van der Waals surface area contributed by atoms with E-state index in [4.69, 9.17) is 27.1 Å². The third kappa shape index (κ3) is 5.86. The molecule has 10 nitrogen and oxygen atoms in total. The van der Waals surface area contributed by atoms with Gasteiger partial charge in [-0.1, -0.05) is 22.9 Å². The zero-order valence-electron chi connectivity index (χ0n) is 25.0. The zero-order valence-corrected chi connectivity index (χ0v) is 27.4. The molecule has 0 unspecified atom stereocenters. The monoisotopic (exact) mass is 668 g/mol. The van der Waals surface area contributed by atoms with E-state index in [0.29, 0.717) is 58.6 Å². The number of thioether (sulfide) groups is 1. The number of aliphatic imine (C=N–C) groups is 2. The smallest absolute Gasteiger partial charge is 0.350 e. The first-order chi connectivity index (χ1) is 21.9. The minimum absolute atomic E-state index is 0.0354. The van der Waals surface area contributed by atoms with Gasteiger partial charge in [-0.05, 0) is 57.0 Å². The topological polar surface area (TPSA) is 114 Å². The number of aromatic nitrogens is 3. The molecule has 0 spiro atoms. The Morgan fingerprint density at radius 2 is 2.00 bits per heavy atom. The van der Waals surface area contributed by atoms with Gasteiger partial charge in [-0.2, -0.15) is 4.98 Å². The van der Waals surface area contributed by atoms with Crippen LogP contribution in [-0.4, -0.2) is 90.2 Å². The Morgan fingerprint density at radius 1 is 1.20 bits per heavy atom. The van der Waals surface area contributed by atoms with Crippen LogP contribution in [0.4, 0.5) is 15.3 Å². The van der Waals surface area contributed by atoms with Crippen LogP contribution in [0.5, 0.6) is 0 Å². The van der Waals surface area contributed by atoms with Gasteiger partial charge in [0.05, 0.1) is 52.0 Å². The number of likely N-dealkylation sites (tertiary alicyclic amines) is 1. The van der Waals surface area contributed by atoms with Crippen LogP contribution in [0.3, 0.4) is 0 Å². The molecule has 0 aliphatic carbocycles. The second kappa shape index (κ2) is 13.0. The van der Waals surface area contributed by atoms with Crippen molar-refractivity contribution in [1.29, 1.82) is 0 Å². The number of rotatable bonds is 8. The van der Waals surface area contributed by atoms with Crippen LogP contribution in [0.15, 0.2) is 37.9 Å². The Hall–Kier alpha value is -3.06. The highest BCUT2D eigenvalue weighted by molar-refractivity contribution is 7.99. The summed E-state index contributed by atoms with van der Waals surface area (Å²) >= 11 is 9.96. The minimum Gasteiger partial charge on any atom is -0.383 e. The molecule has 2 N–H and O–H groups in total. The van der Waals surface area contributed by atoms with Gasteiger partial charge in [0.1, 0.15) is 11.6 Å². The quantitative estimate of drug-likeness (QED) is 0.191. The molecular formula is C31H34ClFN8O2S2. The third-order valence-electron chi connectivity index (χ3n) is 8.81. The van der Waals surface area contributed by atoms with Crippen LogP contribution in [0, 0.1) is 5.82 Å². The number of piperidine rings is 1. The summed E-state index contributed by atoms with van der Waals surface area (Å²) in [6.07, 6.45) is 3.94. The number of ether oxygens (including phenoxy) is 1. The summed E-state index contributed by atoms with van der Waals surface area (Å²) < 4.78 is 22.1. The number of anilines is 2. The Bertz CT molecular complexity index is 1880. The molecule has 0 radical (unpaired) electrons. The van der Waals surface area contributed by atoms with Crippen LogP contribution in [0.1, 0.15) is 31.7 Å². The number of nitrogens with two attached hydrogens (primary N) is 1. The zero-order chi connectivity index (χ0) is 31.1. The Kier molecular flexibility index (Phi) is 8.82. The van der Waals surface area contributed by atoms with E-state index in [1.165, 1.54) is 18.9 Å². The average molecular weight is 669 g/mol. The van der Waals surface area contributed by atoms with E-state index >= 15 is 0 Å². The lowest BCUT2D eigenvalue weighted by Gasteiger charge is -2.35. The van der Waals surface area contributed by atoms with Crippen molar-refractivity contribution >= 4 is 72.8 Å². The summed E-state index contributed by atoms with van der Waals surface area (Å²) in [4.78, 5) is 37.4. The summed E-state index contributed by atoms with van der Waals surface area (Å²) in [5.41, 5.74) is 8.53.